The predicted molar refractivity (Wildman–Crippen MR) is 112 cm³/mol. The van der Waals surface area contributed by atoms with Crippen LogP contribution in [0.2, 0.25) is 0 Å². The van der Waals surface area contributed by atoms with Crippen LogP contribution in [0.5, 0.6) is 0 Å². The third kappa shape index (κ3) is 4.18. The first-order valence-electron chi connectivity index (χ1n) is 8.72. The van der Waals surface area contributed by atoms with Crippen LogP contribution in [0.25, 0.3) is 0 Å². The van der Waals surface area contributed by atoms with Crippen LogP contribution in [0.1, 0.15) is 53.3 Å². The van der Waals surface area contributed by atoms with Gasteiger partial charge in [0, 0.05) is 6.42 Å². The Morgan fingerprint density at radius 3 is 2.85 bits per heavy atom. The number of carboxylic acids is 1. The summed E-state index contributed by atoms with van der Waals surface area (Å²) in [5, 5.41) is 28.1. The minimum absolute atomic E-state index is 0.133. The van der Waals surface area contributed by atoms with Crippen LogP contribution in [0.3, 0.4) is 0 Å². The van der Waals surface area contributed by atoms with Crippen molar-refractivity contribution >= 4 is 39.8 Å². The van der Waals surface area contributed by atoms with Crippen molar-refractivity contribution in [1.29, 1.82) is 5.26 Å². The molecule has 1 aliphatic heterocycles. The fraction of sp³-hybridized carbons (Fsp3) is 0.350. The number of rotatable bonds is 6. The van der Waals surface area contributed by atoms with Crippen molar-refractivity contribution in [2.24, 2.45) is 5.10 Å². The molecule has 27 heavy (non-hydrogen) atoms. The first-order chi connectivity index (χ1) is 12.9. The Morgan fingerprint density at radius 1 is 1.44 bits per heavy atom. The van der Waals surface area contributed by atoms with Gasteiger partial charge in [-0.3, -0.25) is 9.80 Å². The molecule has 0 atom stereocenters. The molecule has 3 rings (SSSR count). The number of carboxylic acid groups (broad SMARTS) is 1. The van der Waals surface area contributed by atoms with Crippen molar-refractivity contribution in [3.63, 3.8) is 0 Å². The molecule has 0 amide bonds. The van der Waals surface area contributed by atoms with Gasteiger partial charge in [0.05, 0.1) is 22.0 Å². The minimum Gasteiger partial charge on any atom is -0.481 e. The van der Waals surface area contributed by atoms with E-state index in [0.29, 0.717) is 18.2 Å². The Labute approximate surface area is 167 Å². The van der Waals surface area contributed by atoms with Crippen LogP contribution in [-0.4, -0.2) is 22.0 Å². The molecule has 140 valence electrons. The molecule has 2 aromatic rings. The van der Waals surface area contributed by atoms with Gasteiger partial charge < -0.3 is 5.11 Å². The number of thiophene rings is 1. The molecule has 0 spiro atoms. The summed E-state index contributed by atoms with van der Waals surface area (Å²) in [7, 11) is 0. The molecule has 0 saturated heterocycles. The van der Waals surface area contributed by atoms with E-state index < -0.39 is 5.97 Å². The summed E-state index contributed by atoms with van der Waals surface area (Å²) >= 11 is 3.22. The number of anilines is 1. The molecular formula is C20H21N3O2S2. The minimum atomic E-state index is -0.785. The Kier molecular flexibility index (Phi) is 5.88. The van der Waals surface area contributed by atoms with Crippen molar-refractivity contribution in [2.75, 3.05) is 10.9 Å². The average Bonchev–Trinajstić information content (AvgIpc) is 3.26. The lowest BCUT2D eigenvalue weighted by Gasteiger charge is -2.16. The van der Waals surface area contributed by atoms with E-state index in [2.05, 4.69) is 25.3 Å². The van der Waals surface area contributed by atoms with Gasteiger partial charge in [-0.1, -0.05) is 37.7 Å². The normalized spacial score (nSPS) is 13.7. The third-order valence-corrected chi connectivity index (χ3v) is 6.52. The van der Waals surface area contributed by atoms with Crippen molar-refractivity contribution in [3.05, 3.63) is 50.7 Å². The van der Waals surface area contributed by atoms with E-state index in [-0.39, 0.29) is 6.42 Å². The number of hydrogen-bond donors (Lipinski definition) is 1. The number of nitrogens with zero attached hydrogens (tertiary/aromatic N) is 3. The van der Waals surface area contributed by atoms with Gasteiger partial charge in [-0.25, -0.2) is 0 Å². The summed E-state index contributed by atoms with van der Waals surface area (Å²) in [5.74, 6) is 0.227. The third-order valence-electron chi connectivity index (χ3n) is 4.45. The van der Waals surface area contributed by atoms with Crippen LogP contribution < -0.4 is 5.01 Å². The van der Waals surface area contributed by atoms with E-state index in [1.165, 1.54) is 0 Å². The zero-order valence-electron chi connectivity index (χ0n) is 15.5. The summed E-state index contributed by atoms with van der Waals surface area (Å²) in [6, 6.07) is 8.34. The van der Waals surface area contributed by atoms with E-state index in [0.717, 1.165) is 37.9 Å². The first-order valence-corrected chi connectivity index (χ1v) is 10.6. The Morgan fingerprint density at radius 2 is 2.22 bits per heavy atom. The van der Waals surface area contributed by atoms with Crippen molar-refractivity contribution in [1.82, 2.24) is 0 Å². The Bertz CT molecular complexity index is 941. The quantitative estimate of drug-likeness (QED) is 0.744. The lowest BCUT2D eigenvalue weighted by molar-refractivity contribution is -0.136. The highest BCUT2D eigenvalue weighted by Gasteiger charge is 2.25. The number of hydrogen-bond acceptors (Lipinski definition) is 6. The number of carbonyl (C=O) groups is 1. The van der Waals surface area contributed by atoms with E-state index in [1.54, 1.807) is 23.1 Å². The summed E-state index contributed by atoms with van der Waals surface area (Å²) in [4.78, 5) is 11.7. The number of aliphatic carboxylic acids is 1. The zero-order valence-corrected chi connectivity index (χ0v) is 17.2. The molecule has 2 heterocycles. The van der Waals surface area contributed by atoms with Gasteiger partial charge in [0.1, 0.15) is 11.1 Å². The predicted octanol–water partition coefficient (Wildman–Crippen LogP) is 4.94. The monoisotopic (exact) mass is 399 g/mol. The average molecular weight is 400 g/mol. The summed E-state index contributed by atoms with van der Waals surface area (Å²) in [6.07, 6.45) is 0.659. The highest BCUT2D eigenvalue weighted by molar-refractivity contribution is 8.15. The SMILES string of the molecule is Cc1cc(CCC(=O)O)ccc1N1CSC(c2scc(C(C)C)c2C#N)=N1. The van der Waals surface area contributed by atoms with Crippen LogP contribution in [0.4, 0.5) is 5.69 Å². The summed E-state index contributed by atoms with van der Waals surface area (Å²) < 4.78 is 0. The van der Waals surface area contributed by atoms with Crippen LogP contribution >= 0.6 is 23.1 Å². The molecule has 0 unspecified atom stereocenters. The molecule has 0 saturated carbocycles. The fourth-order valence-electron chi connectivity index (χ4n) is 3.01. The Hall–Kier alpha value is -2.30. The number of benzene rings is 1. The van der Waals surface area contributed by atoms with Crippen molar-refractivity contribution < 1.29 is 9.90 Å². The summed E-state index contributed by atoms with van der Waals surface area (Å²) in [6.45, 7) is 6.20. The highest BCUT2D eigenvalue weighted by Crippen LogP contribution is 2.36. The first kappa shape index (κ1) is 19.5. The molecule has 5 nitrogen and oxygen atoms in total. The van der Waals surface area contributed by atoms with Gasteiger partial charge in [-0.15, -0.1) is 11.3 Å². The maximum Gasteiger partial charge on any atom is 0.303 e. The maximum absolute atomic E-state index is 10.7. The van der Waals surface area contributed by atoms with E-state index in [1.807, 2.05) is 30.1 Å². The topological polar surface area (TPSA) is 76.7 Å². The zero-order chi connectivity index (χ0) is 19.6. The molecule has 7 heteroatoms. The number of nitriles is 1. The highest BCUT2D eigenvalue weighted by atomic mass is 32.2. The van der Waals surface area contributed by atoms with E-state index >= 15 is 0 Å². The molecule has 0 radical (unpaired) electrons. The van der Waals surface area contributed by atoms with Gasteiger partial charge >= 0.3 is 5.97 Å². The number of aryl methyl sites for hydroxylation is 2. The lowest BCUT2D eigenvalue weighted by Crippen LogP contribution is -2.12. The smallest absolute Gasteiger partial charge is 0.303 e. The summed E-state index contributed by atoms with van der Waals surface area (Å²) in [5.41, 5.74) is 4.91. The molecule has 1 aromatic carbocycles. The molecule has 1 aromatic heterocycles. The standard InChI is InChI=1S/C20H21N3O2S2/c1-12(2)16-10-26-19(15(16)9-21)20-22-23(11-27-20)17-6-4-14(8-13(17)3)5-7-18(24)25/h4,6,8,10,12H,5,7,11H2,1-3H3,(H,24,25). The molecule has 1 aliphatic rings. The van der Waals surface area contributed by atoms with E-state index in [9.17, 15) is 10.1 Å². The van der Waals surface area contributed by atoms with Crippen molar-refractivity contribution in [3.8, 4) is 6.07 Å². The van der Waals surface area contributed by atoms with Crippen LogP contribution in [0, 0.1) is 18.3 Å². The van der Waals surface area contributed by atoms with Gasteiger partial charge in [-0.2, -0.15) is 10.4 Å². The maximum atomic E-state index is 10.7. The second-order valence-electron chi connectivity index (χ2n) is 6.75. The second-order valence-corrected chi connectivity index (χ2v) is 8.57. The molecule has 0 aliphatic carbocycles. The van der Waals surface area contributed by atoms with Gasteiger partial charge in [0.25, 0.3) is 0 Å². The molecule has 0 bridgehead atoms. The molecule has 1 N–H and O–H groups in total. The Balaban J connectivity index is 1.84. The molecule has 0 fully saturated rings. The lowest BCUT2D eigenvalue weighted by atomic mass is 10.0. The van der Waals surface area contributed by atoms with Crippen LogP contribution in [-0.2, 0) is 11.2 Å². The fourth-order valence-corrected chi connectivity index (χ4v) is 5.22. The van der Waals surface area contributed by atoms with Gasteiger partial charge in [0.15, 0.2) is 0 Å². The van der Waals surface area contributed by atoms with Crippen LogP contribution in [0.15, 0.2) is 28.7 Å². The van der Waals surface area contributed by atoms with Gasteiger partial charge in [-0.05, 0) is 47.4 Å². The number of hydrazone groups is 1. The largest absolute Gasteiger partial charge is 0.481 e. The van der Waals surface area contributed by atoms with Gasteiger partial charge in [0.2, 0.25) is 0 Å². The van der Waals surface area contributed by atoms with E-state index in [4.69, 9.17) is 10.2 Å². The van der Waals surface area contributed by atoms with Crippen molar-refractivity contribution in [2.45, 2.75) is 39.5 Å². The number of thioether (sulfide) groups is 1. The molecular weight excluding hydrogens is 378 g/mol. The second kappa shape index (κ2) is 8.15.